The molecule has 41 heavy (non-hydrogen) atoms. The summed E-state index contributed by atoms with van der Waals surface area (Å²) in [6.07, 6.45) is 5.18. The maximum absolute atomic E-state index is 13.3. The monoisotopic (exact) mass is 565 g/mol. The number of esters is 3. The lowest BCUT2D eigenvalue weighted by molar-refractivity contribution is -0.203. The first kappa shape index (κ1) is 28.6. The quantitative estimate of drug-likeness (QED) is 0.377. The average molecular weight is 566 g/mol. The minimum atomic E-state index is -1.11. The van der Waals surface area contributed by atoms with Gasteiger partial charge in [0.25, 0.3) is 0 Å². The van der Waals surface area contributed by atoms with Gasteiger partial charge in [-0.1, -0.05) is 13.8 Å². The van der Waals surface area contributed by atoms with Crippen molar-refractivity contribution in [2.24, 2.45) is 16.7 Å². The van der Waals surface area contributed by atoms with Gasteiger partial charge in [0.05, 0.1) is 0 Å². The molecule has 3 heterocycles. The summed E-state index contributed by atoms with van der Waals surface area (Å²) in [6.45, 7) is 9.93. The lowest BCUT2D eigenvalue weighted by atomic mass is 9.45. The first-order valence-electron chi connectivity index (χ1n) is 13.8. The van der Waals surface area contributed by atoms with Crippen LogP contribution < -0.4 is 10.4 Å². The summed E-state index contributed by atoms with van der Waals surface area (Å²) in [5, 5.41) is 0. The van der Waals surface area contributed by atoms with E-state index in [2.05, 4.69) is 11.9 Å². The van der Waals surface area contributed by atoms with Gasteiger partial charge in [-0.25, -0.2) is 4.79 Å². The molecule has 0 saturated heterocycles. The van der Waals surface area contributed by atoms with E-state index in [9.17, 15) is 19.2 Å². The molecule has 3 aliphatic rings. The van der Waals surface area contributed by atoms with Crippen LogP contribution in [-0.2, 0) is 28.6 Å². The Morgan fingerprint density at radius 3 is 2.39 bits per heavy atom. The molecule has 2 saturated carbocycles. The first-order chi connectivity index (χ1) is 19.3. The number of pyridine rings is 1. The van der Waals surface area contributed by atoms with Gasteiger partial charge in [0.15, 0.2) is 5.60 Å². The highest BCUT2D eigenvalue weighted by Gasteiger charge is 2.66. The van der Waals surface area contributed by atoms with Crippen LogP contribution in [0.5, 0.6) is 5.75 Å². The molecule has 0 bridgehead atoms. The molecular weight excluding hydrogens is 530 g/mol. The Labute approximate surface area is 238 Å². The predicted octanol–water partition coefficient (Wildman–Crippen LogP) is 4.49. The van der Waals surface area contributed by atoms with Crippen LogP contribution in [0.4, 0.5) is 0 Å². The van der Waals surface area contributed by atoms with Gasteiger partial charge in [-0.15, -0.1) is 0 Å². The van der Waals surface area contributed by atoms with Crippen molar-refractivity contribution in [1.82, 2.24) is 4.98 Å². The molecule has 5 rings (SSSR count). The van der Waals surface area contributed by atoms with Crippen molar-refractivity contribution >= 4 is 24.0 Å². The van der Waals surface area contributed by atoms with Crippen LogP contribution in [0, 0.1) is 16.7 Å². The van der Waals surface area contributed by atoms with Crippen LogP contribution in [0.15, 0.2) is 45.4 Å². The Morgan fingerprint density at radius 2 is 1.76 bits per heavy atom. The zero-order chi connectivity index (χ0) is 29.7. The molecule has 2 fully saturated rings. The maximum Gasteiger partial charge on any atom is 0.347 e. The zero-order valence-corrected chi connectivity index (χ0v) is 24.1. The van der Waals surface area contributed by atoms with Crippen molar-refractivity contribution < 1.29 is 37.7 Å². The number of hydrogen-bond donors (Lipinski definition) is 0. The second kappa shape index (κ2) is 10.2. The van der Waals surface area contributed by atoms with Crippen molar-refractivity contribution in [3.05, 3.63) is 52.1 Å². The third kappa shape index (κ3) is 4.83. The molecule has 2 aromatic rings. The fourth-order valence-corrected chi connectivity index (χ4v) is 7.27. The molecule has 0 N–H and O–H groups in total. The van der Waals surface area contributed by atoms with Gasteiger partial charge in [0.2, 0.25) is 0 Å². The van der Waals surface area contributed by atoms with Gasteiger partial charge in [-0.2, -0.15) is 0 Å². The SMILES string of the molecule is CC(=O)OCC1(C)C2C[C@H](OC(C)=O)[C@@]3(C)Oc4cc(-c5cccnc5)oc(=O)c4C=C3[C@@]2(C)CC[C@@H]1OC(C)=O. The number of nitrogens with zero attached hydrogens (tertiary/aromatic N) is 1. The predicted molar refractivity (Wildman–Crippen MR) is 147 cm³/mol. The summed E-state index contributed by atoms with van der Waals surface area (Å²) in [5.41, 5.74) is -1.44. The third-order valence-corrected chi connectivity index (χ3v) is 9.15. The van der Waals surface area contributed by atoms with Crippen LogP contribution in [0.1, 0.15) is 66.4 Å². The minimum absolute atomic E-state index is 0.00533. The summed E-state index contributed by atoms with van der Waals surface area (Å²) in [6, 6.07) is 5.18. The molecule has 0 aromatic carbocycles. The second-order valence-corrected chi connectivity index (χ2v) is 11.9. The number of hydrogen-bond acceptors (Lipinski definition) is 10. The lowest BCUT2D eigenvalue weighted by Gasteiger charge is -2.63. The van der Waals surface area contributed by atoms with Crippen LogP contribution in [0.2, 0.25) is 0 Å². The van der Waals surface area contributed by atoms with Gasteiger partial charge in [-0.3, -0.25) is 19.4 Å². The zero-order valence-electron chi connectivity index (χ0n) is 24.1. The van der Waals surface area contributed by atoms with E-state index in [-0.39, 0.29) is 18.1 Å². The van der Waals surface area contributed by atoms with Gasteiger partial charge >= 0.3 is 23.5 Å². The average Bonchev–Trinajstić information content (AvgIpc) is 2.90. The Bertz CT molecular complexity index is 1480. The summed E-state index contributed by atoms with van der Waals surface area (Å²) in [7, 11) is 0. The molecular formula is C31H35NO9. The summed E-state index contributed by atoms with van der Waals surface area (Å²) in [5.74, 6) is -1.01. The van der Waals surface area contributed by atoms with Crippen LogP contribution in [0.25, 0.3) is 17.4 Å². The van der Waals surface area contributed by atoms with Crippen LogP contribution in [0.3, 0.4) is 0 Å². The fraction of sp³-hybridized carbons (Fsp3) is 0.516. The molecule has 2 aliphatic carbocycles. The highest BCUT2D eigenvalue weighted by atomic mass is 16.6. The topological polar surface area (TPSA) is 131 Å². The number of rotatable bonds is 5. The molecule has 6 atom stereocenters. The standard InChI is InChI=1S/C31H35NO9/c1-17(33)37-16-30(5)24-14-27(39-19(3)35)31(6)25(29(24,4)10-9-26(30)38-18(2)34)12-21-23(41-31)13-22(40-28(21)36)20-8-7-11-32-15-20/h7-8,11-13,15,24,26-27H,9-10,14,16H2,1-6H3/t24?,26-,27-,29-,30?,31-/m0/s1. The van der Waals surface area contributed by atoms with Crippen molar-refractivity contribution in [1.29, 1.82) is 0 Å². The Kier molecular flexibility index (Phi) is 7.07. The van der Waals surface area contributed by atoms with Gasteiger partial charge < -0.3 is 23.4 Å². The lowest BCUT2D eigenvalue weighted by Crippen LogP contribution is -2.66. The molecule has 0 radical (unpaired) electrons. The maximum atomic E-state index is 13.3. The normalized spacial score (nSPS) is 31.8. The molecule has 0 amide bonds. The van der Waals surface area contributed by atoms with E-state index in [4.69, 9.17) is 23.4 Å². The minimum Gasteiger partial charge on any atom is -0.478 e. The number of carbonyl (C=O) groups excluding carboxylic acids is 3. The number of fused-ring (bicyclic) bond motifs is 4. The van der Waals surface area contributed by atoms with E-state index in [1.54, 1.807) is 36.7 Å². The number of carbonyl (C=O) groups is 3. The molecule has 0 spiro atoms. The van der Waals surface area contributed by atoms with E-state index >= 15 is 0 Å². The highest BCUT2D eigenvalue weighted by Crippen LogP contribution is 2.65. The van der Waals surface area contributed by atoms with Crippen LogP contribution >= 0.6 is 0 Å². The summed E-state index contributed by atoms with van der Waals surface area (Å²) < 4.78 is 29.6. The molecule has 10 nitrogen and oxygen atoms in total. The Hall–Kier alpha value is -3.95. The largest absolute Gasteiger partial charge is 0.478 e. The van der Waals surface area contributed by atoms with Crippen molar-refractivity contribution in [2.75, 3.05) is 6.61 Å². The highest BCUT2D eigenvalue weighted by molar-refractivity contribution is 5.71. The van der Waals surface area contributed by atoms with Crippen molar-refractivity contribution in [3.63, 3.8) is 0 Å². The van der Waals surface area contributed by atoms with Gasteiger partial charge in [0, 0.05) is 50.2 Å². The molecule has 2 unspecified atom stereocenters. The van der Waals surface area contributed by atoms with Gasteiger partial charge in [0.1, 0.15) is 35.9 Å². The smallest absolute Gasteiger partial charge is 0.347 e. The first-order valence-corrected chi connectivity index (χ1v) is 13.8. The van der Waals surface area contributed by atoms with Crippen molar-refractivity contribution in [3.8, 4) is 17.1 Å². The van der Waals surface area contributed by atoms with Crippen molar-refractivity contribution in [2.45, 2.75) is 78.6 Å². The number of aromatic nitrogens is 1. The van der Waals surface area contributed by atoms with E-state index < -0.39 is 52.2 Å². The Balaban J connectivity index is 1.68. The summed E-state index contributed by atoms with van der Waals surface area (Å²) in [4.78, 5) is 53.8. The van der Waals surface area contributed by atoms with Crippen LogP contribution in [-0.4, -0.2) is 47.3 Å². The molecule has 218 valence electrons. The van der Waals surface area contributed by atoms with E-state index in [1.165, 1.54) is 20.8 Å². The summed E-state index contributed by atoms with van der Waals surface area (Å²) >= 11 is 0. The van der Waals surface area contributed by atoms with E-state index in [0.29, 0.717) is 36.3 Å². The fourth-order valence-electron chi connectivity index (χ4n) is 7.27. The van der Waals surface area contributed by atoms with E-state index in [1.807, 2.05) is 13.8 Å². The molecule has 10 heteroatoms. The third-order valence-electron chi connectivity index (χ3n) is 9.15. The Morgan fingerprint density at radius 1 is 1.05 bits per heavy atom. The van der Waals surface area contributed by atoms with E-state index in [0.717, 1.165) is 5.57 Å². The number of ether oxygens (including phenoxy) is 4. The van der Waals surface area contributed by atoms with Gasteiger partial charge in [-0.05, 0) is 61.3 Å². The molecule has 1 aliphatic heterocycles. The second-order valence-electron chi connectivity index (χ2n) is 11.9. The molecule has 2 aromatic heterocycles.